The molecule has 0 aliphatic carbocycles. The fraction of sp³-hybridized carbons (Fsp3) is 0.833. The van der Waals surface area contributed by atoms with Crippen LogP contribution in [-0.4, -0.2) is 59.8 Å². The summed E-state index contributed by atoms with van der Waals surface area (Å²) in [6.07, 6.45) is -0.851. The van der Waals surface area contributed by atoms with Crippen LogP contribution >= 0.6 is 0 Å². The third-order valence-corrected chi connectivity index (χ3v) is 3.15. The molecule has 1 saturated heterocycles. The number of hydrogen-bond donors (Lipinski definition) is 2. The molecule has 0 radical (unpaired) electrons. The molecular formula is C12H22N2O4. The summed E-state index contributed by atoms with van der Waals surface area (Å²) in [5, 5.41) is 12.6. The number of amides is 1. The van der Waals surface area contributed by atoms with Crippen molar-refractivity contribution in [2.45, 2.75) is 38.8 Å². The Bertz CT molecular complexity index is 317. The van der Waals surface area contributed by atoms with Crippen LogP contribution in [0.25, 0.3) is 0 Å². The maximum Gasteiger partial charge on any atom is 0.308 e. The quantitative estimate of drug-likeness (QED) is 0.651. The molecule has 18 heavy (non-hydrogen) atoms. The largest absolute Gasteiger partial charge is 0.466 e. The number of carbonyl (C=O) groups is 2. The summed E-state index contributed by atoms with van der Waals surface area (Å²) in [7, 11) is 0. The van der Waals surface area contributed by atoms with Crippen LogP contribution < -0.4 is 5.32 Å². The van der Waals surface area contributed by atoms with Gasteiger partial charge in [0.2, 0.25) is 5.91 Å². The predicted octanol–water partition coefficient (Wildman–Crippen LogP) is -0.489. The van der Waals surface area contributed by atoms with Gasteiger partial charge in [-0.1, -0.05) is 0 Å². The molecule has 2 N–H and O–H groups in total. The first-order valence-corrected chi connectivity index (χ1v) is 6.25. The van der Waals surface area contributed by atoms with Crippen LogP contribution in [-0.2, 0) is 14.3 Å². The first-order chi connectivity index (χ1) is 8.37. The zero-order valence-electron chi connectivity index (χ0n) is 11.2. The number of β-amino-alcohol motifs (C(OH)–C–C–N with tert-alkyl or cyclic N) is 1. The average molecular weight is 258 g/mol. The summed E-state index contributed by atoms with van der Waals surface area (Å²) in [4.78, 5) is 24.8. The van der Waals surface area contributed by atoms with Gasteiger partial charge in [-0.15, -0.1) is 0 Å². The molecule has 0 aromatic heterocycles. The van der Waals surface area contributed by atoms with Crippen molar-refractivity contribution in [2.75, 3.05) is 26.2 Å². The van der Waals surface area contributed by atoms with Crippen LogP contribution in [0.5, 0.6) is 0 Å². The lowest BCUT2D eigenvalue weighted by atomic mass is 9.98. The van der Waals surface area contributed by atoms with Gasteiger partial charge in [-0.3, -0.25) is 14.5 Å². The number of esters is 1. The van der Waals surface area contributed by atoms with Gasteiger partial charge in [0.15, 0.2) is 0 Å². The van der Waals surface area contributed by atoms with Crippen molar-refractivity contribution in [2.24, 2.45) is 0 Å². The molecule has 1 fully saturated rings. The first-order valence-electron chi connectivity index (χ1n) is 6.25. The van der Waals surface area contributed by atoms with E-state index in [9.17, 15) is 14.7 Å². The third kappa shape index (κ3) is 3.68. The van der Waals surface area contributed by atoms with Crippen LogP contribution in [0.4, 0.5) is 0 Å². The van der Waals surface area contributed by atoms with Crippen molar-refractivity contribution < 1.29 is 19.4 Å². The van der Waals surface area contributed by atoms with E-state index in [1.807, 2.05) is 4.90 Å². The van der Waals surface area contributed by atoms with Gasteiger partial charge in [-0.05, 0) is 20.8 Å². The third-order valence-electron chi connectivity index (χ3n) is 3.15. The number of nitrogens with one attached hydrogen (secondary N) is 1. The van der Waals surface area contributed by atoms with Gasteiger partial charge in [0.1, 0.15) is 0 Å². The molecule has 1 atom stereocenters. The van der Waals surface area contributed by atoms with Gasteiger partial charge in [0, 0.05) is 19.6 Å². The van der Waals surface area contributed by atoms with E-state index in [0.29, 0.717) is 26.2 Å². The second kappa shape index (κ2) is 6.15. The number of rotatable bonds is 5. The summed E-state index contributed by atoms with van der Waals surface area (Å²) >= 11 is 0. The molecule has 6 heteroatoms. The lowest BCUT2D eigenvalue weighted by Gasteiger charge is -2.41. The predicted molar refractivity (Wildman–Crippen MR) is 65.9 cm³/mol. The van der Waals surface area contributed by atoms with E-state index in [1.54, 1.807) is 20.8 Å². The minimum absolute atomic E-state index is 0.0396. The number of hydrogen-bond acceptors (Lipinski definition) is 5. The summed E-state index contributed by atoms with van der Waals surface area (Å²) in [6.45, 7) is 7.16. The van der Waals surface area contributed by atoms with Crippen molar-refractivity contribution in [3.8, 4) is 0 Å². The van der Waals surface area contributed by atoms with Crippen molar-refractivity contribution in [1.29, 1.82) is 0 Å². The molecule has 0 aromatic rings. The number of piperazine rings is 1. The van der Waals surface area contributed by atoms with Gasteiger partial charge >= 0.3 is 5.97 Å². The van der Waals surface area contributed by atoms with Crippen molar-refractivity contribution >= 4 is 11.9 Å². The van der Waals surface area contributed by atoms with Gasteiger partial charge < -0.3 is 15.2 Å². The Balaban J connectivity index is 2.50. The summed E-state index contributed by atoms with van der Waals surface area (Å²) in [5.74, 6) is -0.471. The van der Waals surface area contributed by atoms with Crippen LogP contribution in [0, 0.1) is 0 Å². The Labute approximate surface area is 107 Å². The van der Waals surface area contributed by atoms with Crippen LogP contribution in [0.15, 0.2) is 0 Å². The maximum atomic E-state index is 11.7. The zero-order chi connectivity index (χ0) is 13.8. The SMILES string of the molecule is CCOC(=O)CC(O)CN1CCNC(=O)C1(C)C. The molecule has 0 spiro atoms. The van der Waals surface area contributed by atoms with E-state index in [1.165, 1.54) is 0 Å². The normalized spacial score (nSPS) is 21.2. The Morgan fingerprint density at radius 1 is 1.61 bits per heavy atom. The molecule has 1 aliphatic heterocycles. The fourth-order valence-electron chi connectivity index (χ4n) is 1.99. The topological polar surface area (TPSA) is 78.9 Å². The van der Waals surface area contributed by atoms with Crippen molar-refractivity contribution in [3.05, 3.63) is 0 Å². The van der Waals surface area contributed by atoms with E-state index in [-0.39, 0.29) is 12.3 Å². The second-order valence-corrected chi connectivity index (χ2v) is 4.92. The average Bonchev–Trinajstić information content (AvgIpc) is 2.25. The van der Waals surface area contributed by atoms with Gasteiger partial charge in [-0.2, -0.15) is 0 Å². The zero-order valence-corrected chi connectivity index (χ0v) is 11.2. The summed E-state index contributed by atoms with van der Waals surface area (Å²) < 4.78 is 4.78. The van der Waals surface area contributed by atoms with Crippen LogP contribution in [0.1, 0.15) is 27.2 Å². The number of aliphatic hydroxyl groups is 1. The molecule has 6 nitrogen and oxygen atoms in total. The van der Waals surface area contributed by atoms with Crippen LogP contribution in [0.3, 0.4) is 0 Å². The van der Waals surface area contributed by atoms with Gasteiger partial charge in [0.05, 0.1) is 24.7 Å². The van der Waals surface area contributed by atoms with Gasteiger partial charge in [-0.25, -0.2) is 0 Å². The molecule has 0 saturated carbocycles. The number of nitrogens with zero attached hydrogens (tertiary/aromatic N) is 1. The monoisotopic (exact) mass is 258 g/mol. The molecule has 0 aromatic carbocycles. The molecule has 104 valence electrons. The summed E-state index contributed by atoms with van der Waals surface area (Å²) in [6, 6.07) is 0. The highest BCUT2D eigenvalue weighted by molar-refractivity contribution is 5.86. The summed E-state index contributed by atoms with van der Waals surface area (Å²) in [5.41, 5.74) is -0.659. The van der Waals surface area contributed by atoms with E-state index in [4.69, 9.17) is 4.74 Å². The van der Waals surface area contributed by atoms with E-state index < -0.39 is 17.6 Å². The van der Waals surface area contributed by atoms with E-state index in [0.717, 1.165) is 0 Å². The minimum atomic E-state index is -0.811. The number of ether oxygens (including phenoxy) is 1. The molecule has 1 aliphatic rings. The standard InChI is InChI=1S/C12H22N2O4/c1-4-18-10(16)7-9(15)8-14-6-5-13-11(17)12(14,2)3/h9,15H,4-8H2,1-3H3,(H,13,17). The molecule has 1 amide bonds. The molecule has 0 bridgehead atoms. The van der Waals surface area contributed by atoms with Crippen molar-refractivity contribution in [3.63, 3.8) is 0 Å². The maximum absolute atomic E-state index is 11.7. The highest BCUT2D eigenvalue weighted by atomic mass is 16.5. The number of carbonyl (C=O) groups excluding carboxylic acids is 2. The molecule has 1 unspecified atom stereocenters. The highest BCUT2D eigenvalue weighted by Crippen LogP contribution is 2.18. The van der Waals surface area contributed by atoms with Crippen LogP contribution in [0.2, 0.25) is 0 Å². The minimum Gasteiger partial charge on any atom is -0.466 e. The highest BCUT2D eigenvalue weighted by Gasteiger charge is 2.38. The second-order valence-electron chi connectivity index (χ2n) is 4.92. The Morgan fingerprint density at radius 2 is 2.28 bits per heavy atom. The Kier molecular flexibility index (Phi) is 5.10. The lowest BCUT2D eigenvalue weighted by Crippen LogP contribution is -2.63. The Hall–Kier alpha value is -1.14. The van der Waals surface area contributed by atoms with Gasteiger partial charge in [0.25, 0.3) is 0 Å². The van der Waals surface area contributed by atoms with Crippen molar-refractivity contribution in [1.82, 2.24) is 10.2 Å². The van der Waals surface area contributed by atoms with E-state index >= 15 is 0 Å². The molecule has 1 heterocycles. The number of aliphatic hydroxyl groups excluding tert-OH is 1. The molecular weight excluding hydrogens is 236 g/mol. The Morgan fingerprint density at radius 3 is 2.89 bits per heavy atom. The fourth-order valence-corrected chi connectivity index (χ4v) is 1.99. The smallest absolute Gasteiger partial charge is 0.308 e. The van der Waals surface area contributed by atoms with E-state index in [2.05, 4.69) is 5.32 Å². The lowest BCUT2D eigenvalue weighted by molar-refractivity contribution is -0.146. The first kappa shape index (κ1) is 14.9. The molecule has 1 rings (SSSR count).